The van der Waals surface area contributed by atoms with Gasteiger partial charge in [0.15, 0.2) is 5.78 Å². The Hall–Kier alpha value is -2.60. The fraction of sp³-hybridized carbons (Fsp3) is 0.409. The van der Waals surface area contributed by atoms with Crippen molar-refractivity contribution in [2.75, 3.05) is 43.4 Å². The van der Waals surface area contributed by atoms with Crippen LogP contribution in [0.25, 0.3) is 0 Å². The minimum Gasteiger partial charge on any atom is -0.489 e. The SMILES string of the molecule is CC(C)Oc1ccc(C(=O)CCN2CCN(c3ccccc3F)CC2)cc1N. The molecule has 5 nitrogen and oxygen atoms in total. The lowest BCUT2D eigenvalue weighted by Crippen LogP contribution is -2.47. The molecule has 150 valence electrons. The predicted molar refractivity (Wildman–Crippen MR) is 111 cm³/mol. The third-order valence-corrected chi connectivity index (χ3v) is 4.91. The molecule has 1 heterocycles. The van der Waals surface area contributed by atoms with E-state index in [-0.39, 0.29) is 17.7 Å². The number of hydrogen-bond acceptors (Lipinski definition) is 5. The van der Waals surface area contributed by atoms with E-state index in [0.29, 0.717) is 35.7 Å². The van der Waals surface area contributed by atoms with Gasteiger partial charge >= 0.3 is 0 Å². The summed E-state index contributed by atoms with van der Waals surface area (Å²) in [7, 11) is 0. The highest BCUT2D eigenvalue weighted by Crippen LogP contribution is 2.24. The zero-order chi connectivity index (χ0) is 20.1. The highest BCUT2D eigenvalue weighted by atomic mass is 19.1. The van der Waals surface area contributed by atoms with Crippen molar-refractivity contribution < 1.29 is 13.9 Å². The first-order valence-electron chi connectivity index (χ1n) is 9.75. The molecule has 0 unspecified atom stereocenters. The Morgan fingerprint density at radius 2 is 1.86 bits per heavy atom. The second-order valence-corrected chi connectivity index (χ2v) is 7.37. The molecule has 2 aromatic rings. The van der Waals surface area contributed by atoms with Crippen molar-refractivity contribution in [3.05, 3.63) is 53.8 Å². The third-order valence-electron chi connectivity index (χ3n) is 4.91. The summed E-state index contributed by atoms with van der Waals surface area (Å²) in [6.45, 7) is 7.69. The van der Waals surface area contributed by atoms with Crippen LogP contribution in [-0.4, -0.2) is 49.5 Å². The highest BCUT2D eigenvalue weighted by Gasteiger charge is 2.20. The van der Waals surface area contributed by atoms with Crippen LogP contribution in [0.1, 0.15) is 30.6 Å². The van der Waals surface area contributed by atoms with Gasteiger partial charge in [0, 0.05) is 44.7 Å². The van der Waals surface area contributed by atoms with Crippen LogP contribution >= 0.6 is 0 Å². The van der Waals surface area contributed by atoms with Crippen molar-refractivity contribution in [2.24, 2.45) is 0 Å². The Kier molecular flexibility index (Phi) is 6.52. The van der Waals surface area contributed by atoms with Gasteiger partial charge < -0.3 is 15.4 Å². The number of carbonyl (C=O) groups excluding carboxylic acids is 1. The molecule has 1 aliphatic rings. The number of Topliss-reactive ketones (excluding diaryl/α,β-unsaturated/α-hetero) is 1. The predicted octanol–water partition coefficient (Wildman–Crippen LogP) is 3.59. The van der Waals surface area contributed by atoms with Crippen LogP contribution in [-0.2, 0) is 0 Å². The molecule has 1 saturated heterocycles. The van der Waals surface area contributed by atoms with Crippen LogP contribution in [0.2, 0.25) is 0 Å². The molecule has 2 aromatic carbocycles. The van der Waals surface area contributed by atoms with Crippen LogP contribution in [0.3, 0.4) is 0 Å². The summed E-state index contributed by atoms with van der Waals surface area (Å²) in [5, 5.41) is 0. The van der Waals surface area contributed by atoms with Crippen molar-refractivity contribution in [1.82, 2.24) is 4.90 Å². The number of halogens is 1. The first-order valence-corrected chi connectivity index (χ1v) is 9.75. The summed E-state index contributed by atoms with van der Waals surface area (Å²) in [5.41, 5.74) is 7.75. The van der Waals surface area contributed by atoms with Gasteiger partial charge in [0.1, 0.15) is 11.6 Å². The quantitative estimate of drug-likeness (QED) is 0.583. The zero-order valence-corrected chi connectivity index (χ0v) is 16.5. The number of hydrogen-bond donors (Lipinski definition) is 1. The van der Waals surface area contributed by atoms with Crippen molar-refractivity contribution in [3.8, 4) is 5.75 Å². The van der Waals surface area contributed by atoms with Crippen LogP contribution in [0, 0.1) is 5.82 Å². The Bertz CT molecular complexity index is 817. The molecular formula is C22H28FN3O2. The van der Waals surface area contributed by atoms with Crippen LogP contribution in [0.15, 0.2) is 42.5 Å². The average molecular weight is 385 g/mol. The van der Waals surface area contributed by atoms with E-state index in [1.54, 1.807) is 24.3 Å². The summed E-state index contributed by atoms with van der Waals surface area (Å²) in [5.74, 6) is 0.490. The third kappa shape index (κ3) is 5.01. The number of piperazine rings is 1. The summed E-state index contributed by atoms with van der Waals surface area (Å²) in [6.07, 6.45) is 0.468. The van der Waals surface area contributed by atoms with Crippen molar-refractivity contribution in [2.45, 2.75) is 26.4 Å². The number of para-hydroxylation sites is 1. The molecule has 0 aliphatic carbocycles. The number of anilines is 2. The smallest absolute Gasteiger partial charge is 0.164 e. The molecule has 0 aromatic heterocycles. The zero-order valence-electron chi connectivity index (χ0n) is 16.5. The van der Waals surface area contributed by atoms with Gasteiger partial charge in [-0.3, -0.25) is 9.69 Å². The lowest BCUT2D eigenvalue weighted by molar-refractivity contribution is 0.0962. The number of rotatable bonds is 7. The van der Waals surface area contributed by atoms with Crippen LogP contribution in [0.4, 0.5) is 15.8 Å². The molecule has 2 N–H and O–H groups in total. The molecule has 1 aliphatic heterocycles. The first-order chi connectivity index (χ1) is 13.4. The van der Waals surface area contributed by atoms with E-state index in [1.165, 1.54) is 6.07 Å². The number of nitrogens with zero attached hydrogens (tertiary/aromatic N) is 2. The molecule has 0 bridgehead atoms. The van der Waals surface area contributed by atoms with Gasteiger partial charge in [-0.2, -0.15) is 0 Å². The topological polar surface area (TPSA) is 58.8 Å². The lowest BCUT2D eigenvalue weighted by Gasteiger charge is -2.36. The molecular weight excluding hydrogens is 357 g/mol. The minimum atomic E-state index is -0.186. The maximum Gasteiger partial charge on any atom is 0.164 e. The lowest BCUT2D eigenvalue weighted by atomic mass is 10.1. The largest absolute Gasteiger partial charge is 0.489 e. The fourth-order valence-corrected chi connectivity index (χ4v) is 3.41. The van der Waals surface area contributed by atoms with Gasteiger partial charge in [-0.05, 0) is 44.2 Å². The molecule has 0 saturated carbocycles. The van der Waals surface area contributed by atoms with Crippen LogP contribution < -0.4 is 15.4 Å². The molecule has 28 heavy (non-hydrogen) atoms. The molecule has 0 amide bonds. The summed E-state index contributed by atoms with van der Waals surface area (Å²) in [4.78, 5) is 16.8. The molecule has 0 radical (unpaired) electrons. The van der Waals surface area contributed by atoms with E-state index >= 15 is 0 Å². The van der Waals surface area contributed by atoms with E-state index in [0.717, 1.165) is 26.2 Å². The van der Waals surface area contributed by atoms with Gasteiger partial charge in [0.05, 0.1) is 17.5 Å². The molecule has 1 fully saturated rings. The van der Waals surface area contributed by atoms with Gasteiger partial charge in [0.2, 0.25) is 0 Å². The van der Waals surface area contributed by atoms with E-state index in [4.69, 9.17) is 10.5 Å². The number of carbonyl (C=O) groups is 1. The Balaban J connectivity index is 1.49. The Morgan fingerprint density at radius 1 is 1.14 bits per heavy atom. The molecule has 3 rings (SSSR count). The summed E-state index contributed by atoms with van der Waals surface area (Å²) >= 11 is 0. The normalized spacial score (nSPS) is 15.1. The van der Waals surface area contributed by atoms with E-state index in [9.17, 15) is 9.18 Å². The minimum absolute atomic E-state index is 0.0341. The van der Waals surface area contributed by atoms with Gasteiger partial charge in [0.25, 0.3) is 0 Å². The van der Waals surface area contributed by atoms with E-state index in [1.807, 2.05) is 26.0 Å². The second kappa shape index (κ2) is 9.06. The first kappa shape index (κ1) is 20.1. The van der Waals surface area contributed by atoms with Crippen molar-refractivity contribution in [3.63, 3.8) is 0 Å². The summed E-state index contributed by atoms with van der Waals surface area (Å²) in [6, 6.07) is 12.1. The van der Waals surface area contributed by atoms with Crippen LogP contribution in [0.5, 0.6) is 5.75 Å². The maximum atomic E-state index is 13.9. The Labute approximate surface area is 165 Å². The number of ether oxygens (including phenoxy) is 1. The van der Waals surface area contributed by atoms with Gasteiger partial charge in [-0.15, -0.1) is 0 Å². The average Bonchev–Trinajstić information content (AvgIpc) is 2.68. The Morgan fingerprint density at radius 3 is 2.50 bits per heavy atom. The number of nitrogen functional groups attached to an aromatic ring is 1. The van der Waals surface area contributed by atoms with E-state index in [2.05, 4.69) is 9.80 Å². The summed E-state index contributed by atoms with van der Waals surface area (Å²) < 4.78 is 19.5. The van der Waals surface area contributed by atoms with Crippen molar-refractivity contribution in [1.29, 1.82) is 0 Å². The fourth-order valence-electron chi connectivity index (χ4n) is 3.41. The maximum absolute atomic E-state index is 13.9. The standard InChI is InChI=1S/C22H28FN3O2/c1-16(2)28-22-8-7-17(15-19(22)24)21(27)9-10-25-11-13-26(14-12-25)20-6-4-3-5-18(20)23/h3-8,15-16H,9-14,24H2,1-2H3. The molecule has 0 spiro atoms. The monoisotopic (exact) mass is 385 g/mol. The van der Waals surface area contributed by atoms with E-state index < -0.39 is 0 Å². The molecule has 6 heteroatoms. The molecule has 0 atom stereocenters. The number of ketones is 1. The van der Waals surface area contributed by atoms with Gasteiger partial charge in [-0.1, -0.05) is 12.1 Å². The van der Waals surface area contributed by atoms with Gasteiger partial charge in [-0.25, -0.2) is 4.39 Å². The number of nitrogens with two attached hydrogens (primary N) is 1. The number of benzene rings is 2. The second-order valence-electron chi connectivity index (χ2n) is 7.37. The van der Waals surface area contributed by atoms with Crippen molar-refractivity contribution >= 4 is 17.2 Å². The highest BCUT2D eigenvalue weighted by molar-refractivity contribution is 5.97.